The predicted molar refractivity (Wildman–Crippen MR) is 113 cm³/mol. The second-order valence-corrected chi connectivity index (χ2v) is 7.40. The van der Waals surface area contributed by atoms with E-state index in [1.54, 1.807) is 31.2 Å². The van der Waals surface area contributed by atoms with Gasteiger partial charge >= 0.3 is 0 Å². The number of carbonyl (C=O) groups excluding carboxylic acids is 2. The minimum absolute atomic E-state index is 0.182. The van der Waals surface area contributed by atoms with Crippen LogP contribution < -0.4 is 16.4 Å². The third-order valence-corrected chi connectivity index (χ3v) is 4.98. The molecule has 1 heterocycles. The Morgan fingerprint density at radius 3 is 2.50 bits per heavy atom. The summed E-state index contributed by atoms with van der Waals surface area (Å²) in [7, 11) is 0. The molecule has 0 bridgehead atoms. The van der Waals surface area contributed by atoms with Gasteiger partial charge in [-0.25, -0.2) is 9.97 Å². The first-order valence-corrected chi connectivity index (χ1v) is 9.74. The molecule has 7 nitrogen and oxygen atoms in total. The molecule has 0 fully saturated rings. The van der Waals surface area contributed by atoms with Gasteiger partial charge in [-0.3, -0.25) is 9.59 Å². The number of nitrogens with two attached hydrogens (primary N) is 1. The van der Waals surface area contributed by atoms with Crippen LogP contribution in [0.2, 0.25) is 0 Å². The molecule has 3 rings (SSSR count). The number of nitrogens with zero attached hydrogens (tertiary/aromatic N) is 2. The Morgan fingerprint density at radius 1 is 1.11 bits per heavy atom. The number of nitrogens with one attached hydrogen (secondary N) is 2. The molecule has 0 aliphatic rings. The van der Waals surface area contributed by atoms with E-state index in [1.807, 2.05) is 31.2 Å². The first-order valence-electron chi connectivity index (χ1n) is 8.86. The summed E-state index contributed by atoms with van der Waals surface area (Å²) in [6.07, 6.45) is 0. The summed E-state index contributed by atoms with van der Waals surface area (Å²) < 4.78 is 0. The zero-order chi connectivity index (χ0) is 20.1. The molecule has 1 atom stereocenters. The van der Waals surface area contributed by atoms with Gasteiger partial charge in [0.15, 0.2) is 5.16 Å². The zero-order valence-corrected chi connectivity index (χ0v) is 16.4. The fraction of sp³-hybridized carbons (Fsp3) is 0.200. The molecule has 1 aromatic heterocycles. The van der Waals surface area contributed by atoms with Crippen LogP contribution in [0.4, 0.5) is 11.5 Å². The Morgan fingerprint density at radius 2 is 1.82 bits per heavy atom. The average Bonchev–Trinajstić information content (AvgIpc) is 2.68. The topological polar surface area (TPSA) is 110 Å². The van der Waals surface area contributed by atoms with Crippen LogP contribution in [0.1, 0.15) is 24.2 Å². The molecule has 0 aliphatic carbocycles. The van der Waals surface area contributed by atoms with Gasteiger partial charge in [0.1, 0.15) is 5.82 Å². The number of rotatable bonds is 7. The van der Waals surface area contributed by atoms with Crippen molar-refractivity contribution in [3.05, 3.63) is 54.1 Å². The Labute approximate surface area is 167 Å². The number of para-hydroxylation sites is 1. The molecule has 28 heavy (non-hydrogen) atoms. The van der Waals surface area contributed by atoms with Crippen molar-refractivity contribution in [2.24, 2.45) is 5.73 Å². The Kier molecular flexibility index (Phi) is 6.10. The SMILES string of the molecule is CCNc1nc(S[C@H](C)C(=O)Nc2ccc(C(N)=O)cc2)nc2ccccc12. The van der Waals surface area contributed by atoms with Crippen molar-refractivity contribution < 1.29 is 9.59 Å². The third kappa shape index (κ3) is 4.58. The molecule has 0 radical (unpaired) electrons. The number of thioether (sulfide) groups is 1. The van der Waals surface area contributed by atoms with Gasteiger partial charge in [-0.1, -0.05) is 23.9 Å². The molecule has 0 aliphatic heterocycles. The van der Waals surface area contributed by atoms with Crippen molar-refractivity contribution >= 4 is 46.0 Å². The summed E-state index contributed by atoms with van der Waals surface area (Å²) in [5.74, 6) is 0.0654. The second-order valence-electron chi connectivity index (χ2n) is 6.09. The highest BCUT2D eigenvalue weighted by Gasteiger charge is 2.18. The fourth-order valence-corrected chi connectivity index (χ4v) is 3.36. The predicted octanol–water partition coefficient (Wildman–Crippen LogP) is 3.28. The van der Waals surface area contributed by atoms with E-state index in [9.17, 15) is 9.59 Å². The minimum Gasteiger partial charge on any atom is -0.370 e. The lowest BCUT2D eigenvalue weighted by molar-refractivity contribution is -0.115. The normalized spacial score (nSPS) is 11.8. The highest BCUT2D eigenvalue weighted by Crippen LogP contribution is 2.27. The van der Waals surface area contributed by atoms with Crippen LogP contribution in [-0.2, 0) is 4.79 Å². The number of amides is 2. The minimum atomic E-state index is -0.508. The van der Waals surface area contributed by atoms with Crippen molar-refractivity contribution in [2.45, 2.75) is 24.3 Å². The number of hydrogen-bond acceptors (Lipinski definition) is 6. The van der Waals surface area contributed by atoms with E-state index < -0.39 is 11.2 Å². The maximum Gasteiger partial charge on any atom is 0.248 e. The van der Waals surface area contributed by atoms with Gasteiger partial charge in [0.05, 0.1) is 10.8 Å². The summed E-state index contributed by atoms with van der Waals surface area (Å²) >= 11 is 1.29. The quantitative estimate of drug-likeness (QED) is 0.418. The van der Waals surface area contributed by atoms with Gasteiger partial charge in [-0.05, 0) is 50.2 Å². The summed E-state index contributed by atoms with van der Waals surface area (Å²) in [6.45, 7) is 4.54. The fourth-order valence-electron chi connectivity index (χ4n) is 2.58. The van der Waals surface area contributed by atoms with E-state index in [0.29, 0.717) is 16.4 Å². The van der Waals surface area contributed by atoms with Crippen LogP contribution >= 0.6 is 11.8 Å². The first-order chi connectivity index (χ1) is 13.5. The van der Waals surface area contributed by atoms with Crippen LogP contribution in [-0.4, -0.2) is 33.6 Å². The van der Waals surface area contributed by atoms with E-state index in [1.165, 1.54) is 11.8 Å². The molecule has 3 aromatic rings. The number of carbonyl (C=O) groups is 2. The number of aromatic nitrogens is 2. The maximum absolute atomic E-state index is 12.5. The van der Waals surface area contributed by atoms with Crippen molar-refractivity contribution in [1.82, 2.24) is 9.97 Å². The standard InChI is InChI=1S/C20H21N5O2S/c1-3-22-18-15-6-4-5-7-16(15)24-20(25-18)28-12(2)19(27)23-14-10-8-13(9-11-14)17(21)26/h4-12H,3H2,1-2H3,(H2,21,26)(H,23,27)(H,22,24,25)/t12-/m1/s1. The van der Waals surface area contributed by atoms with Gasteiger partial charge in [0, 0.05) is 23.2 Å². The van der Waals surface area contributed by atoms with Crippen molar-refractivity contribution in [1.29, 1.82) is 0 Å². The molecule has 0 unspecified atom stereocenters. The second kappa shape index (κ2) is 8.71. The zero-order valence-electron chi connectivity index (χ0n) is 15.6. The van der Waals surface area contributed by atoms with Gasteiger partial charge in [0.25, 0.3) is 0 Å². The number of hydrogen-bond donors (Lipinski definition) is 3. The van der Waals surface area contributed by atoms with E-state index in [-0.39, 0.29) is 5.91 Å². The van der Waals surface area contributed by atoms with Crippen LogP contribution in [0.25, 0.3) is 10.9 Å². The molecular weight excluding hydrogens is 374 g/mol. The molecule has 0 spiro atoms. The Balaban J connectivity index is 1.73. The van der Waals surface area contributed by atoms with E-state index >= 15 is 0 Å². The molecule has 2 amide bonds. The lowest BCUT2D eigenvalue weighted by Gasteiger charge is -2.13. The summed E-state index contributed by atoms with van der Waals surface area (Å²) in [4.78, 5) is 32.8. The monoisotopic (exact) mass is 395 g/mol. The number of anilines is 2. The molecule has 8 heteroatoms. The number of benzene rings is 2. The summed E-state index contributed by atoms with van der Waals surface area (Å²) in [5, 5.41) is 7.13. The maximum atomic E-state index is 12.5. The van der Waals surface area contributed by atoms with Crippen LogP contribution in [0.15, 0.2) is 53.7 Å². The van der Waals surface area contributed by atoms with Crippen LogP contribution in [0.3, 0.4) is 0 Å². The molecule has 0 saturated carbocycles. The first kappa shape index (κ1) is 19.6. The van der Waals surface area contributed by atoms with E-state index in [0.717, 1.165) is 23.3 Å². The Bertz CT molecular complexity index is 1010. The van der Waals surface area contributed by atoms with E-state index in [2.05, 4.69) is 20.6 Å². The molecule has 2 aromatic carbocycles. The van der Waals surface area contributed by atoms with Gasteiger partial charge in [0.2, 0.25) is 11.8 Å². The van der Waals surface area contributed by atoms with Crippen molar-refractivity contribution in [3.8, 4) is 0 Å². The van der Waals surface area contributed by atoms with Crippen LogP contribution in [0, 0.1) is 0 Å². The van der Waals surface area contributed by atoms with Gasteiger partial charge in [-0.15, -0.1) is 0 Å². The largest absolute Gasteiger partial charge is 0.370 e. The molecular formula is C20H21N5O2S. The molecule has 0 saturated heterocycles. The highest BCUT2D eigenvalue weighted by atomic mass is 32.2. The van der Waals surface area contributed by atoms with Crippen LogP contribution in [0.5, 0.6) is 0 Å². The number of fused-ring (bicyclic) bond motifs is 1. The Hall–Kier alpha value is -3.13. The highest BCUT2D eigenvalue weighted by molar-refractivity contribution is 8.00. The lowest BCUT2D eigenvalue weighted by Crippen LogP contribution is -2.23. The molecule has 4 N–H and O–H groups in total. The van der Waals surface area contributed by atoms with E-state index in [4.69, 9.17) is 5.73 Å². The van der Waals surface area contributed by atoms with Crippen molar-refractivity contribution in [2.75, 3.05) is 17.2 Å². The smallest absolute Gasteiger partial charge is 0.248 e. The molecule has 144 valence electrons. The average molecular weight is 395 g/mol. The third-order valence-electron chi connectivity index (χ3n) is 4.02. The summed E-state index contributed by atoms with van der Waals surface area (Å²) in [6, 6.07) is 14.2. The number of primary amides is 1. The summed E-state index contributed by atoms with van der Waals surface area (Å²) in [5.41, 5.74) is 7.03. The van der Waals surface area contributed by atoms with Gasteiger partial charge in [-0.2, -0.15) is 0 Å². The van der Waals surface area contributed by atoms with Gasteiger partial charge < -0.3 is 16.4 Å². The van der Waals surface area contributed by atoms with Crippen molar-refractivity contribution in [3.63, 3.8) is 0 Å². The lowest BCUT2D eigenvalue weighted by atomic mass is 10.2.